The van der Waals surface area contributed by atoms with Crippen LogP contribution in [0.1, 0.15) is 43.2 Å². The number of hydrogen-bond acceptors (Lipinski definition) is 2. The second kappa shape index (κ2) is 10.5. The Morgan fingerprint density at radius 2 is 1.91 bits per heavy atom. The van der Waals surface area contributed by atoms with Crippen LogP contribution in [0.25, 0.3) is 10.9 Å². The number of aromatic nitrogens is 1. The molecule has 1 saturated carbocycles. The van der Waals surface area contributed by atoms with Crippen molar-refractivity contribution in [2.75, 3.05) is 20.6 Å². The second-order valence-electron chi connectivity index (χ2n) is 9.04. The third-order valence-electron chi connectivity index (χ3n) is 7.02. The second-order valence-corrected chi connectivity index (χ2v) is 9.04. The van der Waals surface area contributed by atoms with E-state index in [-0.39, 0.29) is 29.7 Å². The molecule has 0 bridgehead atoms. The van der Waals surface area contributed by atoms with Gasteiger partial charge in [0.15, 0.2) is 0 Å². The zero-order valence-electron chi connectivity index (χ0n) is 18.9. The van der Waals surface area contributed by atoms with Gasteiger partial charge in [-0.2, -0.15) is 0 Å². The van der Waals surface area contributed by atoms with Crippen molar-refractivity contribution in [3.8, 4) is 0 Å². The largest absolute Gasteiger partial charge is 0.361 e. The molecule has 1 aliphatic carbocycles. The van der Waals surface area contributed by atoms with E-state index in [0.29, 0.717) is 18.9 Å². The zero-order chi connectivity index (χ0) is 21.8. The molecule has 4 nitrogen and oxygen atoms in total. The Bertz CT molecular complexity index is 1040. The quantitative estimate of drug-likeness (QED) is 0.497. The molecule has 1 amide bonds. The van der Waals surface area contributed by atoms with Gasteiger partial charge in [-0.3, -0.25) is 9.69 Å². The van der Waals surface area contributed by atoms with E-state index in [1.165, 1.54) is 17.0 Å². The number of para-hydroxylation sites is 1. The number of carbonyl (C=O) groups excluding carboxylic acids is 1. The summed E-state index contributed by atoms with van der Waals surface area (Å²) >= 11 is 0. The van der Waals surface area contributed by atoms with Gasteiger partial charge in [0, 0.05) is 35.6 Å². The monoisotopic (exact) mass is 457 g/mol. The maximum absolute atomic E-state index is 13.8. The first-order valence-electron chi connectivity index (χ1n) is 11.2. The van der Waals surface area contributed by atoms with Crippen LogP contribution < -0.4 is 5.32 Å². The molecule has 1 aromatic heterocycles. The molecule has 2 aromatic carbocycles. The van der Waals surface area contributed by atoms with Gasteiger partial charge in [0.25, 0.3) is 0 Å². The number of halogens is 2. The first-order valence-corrected chi connectivity index (χ1v) is 11.2. The zero-order valence-corrected chi connectivity index (χ0v) is 19.7. The van der Waals surface area contributed by atoms with Gasteiger partial charge < -0.3 is 10.3 Å². The van der Waals surface area contributed by atoms with E-state index < -0.39 is 0 Å². The third kappa shape index (κ3) is 5.16. The summed E-state index contributed by atoms with van der Waals surface area (Å²) in [7, 11) is 4.14. The number of benzene rings is 2. The van der Waals surface area contributed by atoms with Crippen LogP contribution in [0.4, 0.5) is 4.39 Å². The van der Waals surface area contributed by atoms with Gasteiger partial charge >= 0.3 is 0 Å². The van der Waals surface area contributed by atoms with E-state index >= 15 is 0 Å². The highest BCUT2D eigenvalue weighted by atomic mass is 35.5. The Labute approximate surface area is 196 Å². The van der Waals surface area contributed by atoms with Crippen molar-refractivity contribution in [3.63, 3.8) is 0 Å². The highest BCUT2D eigenvalue weighted by Gasteiger charge is 2.39. The molecule has 1 aliphatic rings. The van der Waals surface area contributed by atoms with Crippen LogP contribution >= 0.6 is 12.4 Å². The number of fused-ring (bicyclic) bond motifs is 1. The van der Waals surface area contributed by atoms with Crippen molar-refractivity contribution in [1.82, 2.24) is 15.2 Å². The lowest BCUT2D eigenvalue weighted by Gasteiger charge is -2.45. The lowest BCUT2D eigenvalue weighted by atomic mass is 9.71. The fourth-order valence-electron chi connectivity index (χ4n) is 5.14. The van der Waals surface area contributed by atoms with Crippen molar-refractivity contribution >= 4 is 29.2 Å². The van der Waals surface area contributed by atoms with Gasteiger partial charge in [-0.05, 0) is 81.4 Å². The maximum Gasteiger partial charge on any atom is 0.220 e. The van der Waals surface area contributed by atoms with Crippen molar-refractivity contribution in [2.24, 2.45) is 5.92 Å². The van der Waals surface area contributed by atoms with Crippen molar-refractivity contribution in [3.05, 3.63) is 71.7 Å². The van der Waals surface area contributed by atoms with Gasteiger partial charge in [0.2, 0.25) is 5.91 Å². The molecule has 0 saturated heterocycles. The third-order valence-corrected chi connectivity index (χ3v) is 7.02. The van der Waals surface area contributed by atoms with Crippen LogP contribution in [-0.2, 0) is 16.8 Å². The lowest BCUT2D eigenvalue weighted by Crippen LogP contribution is -2.45. The molecule has 172 valence electrons. The van der Waals surface area contributed by atoms with Crippen molar-refractivity contribution in [1.29, 1.82) is 0 Å². The summed E-state index contributed by atoms with van der Waals surface area (Å²) in [6.07, 6.45) is 7.26. The fourth-order valence-corrected chi connectivity index (χ4v) is 5.14. The summed E-state index contributed by atoms with van der Waals surface area (Å²) in [5.74, 6) is 0.332. The maximum atomic E-state index is 13.8. The van der Waals surface area contributed by atoms with Crippen LogP contribution in [0.5, 0.6) is 0 Å². The summed E-state index contributed by atoms with van der Waals surface area (Å²) < 4.78 is 13.8. The number of H-pyrrole nitrogens is 1. The normalized spacial score (nSPS) is 20.8. The summed E-state index contributed by atoms with van der Waals surface area (Å²) in [4.78, 5) is 18.0. The molecular formula is C26H33ClFN3O. The highest BCUT2D eigenvalue weighted by molar-refractivity contribution is 5.85. The number of rotatable bonds is 7. The van der Waals surface area contributed by atoms with E-state index in [9.17, 15) is 9.18 Å². The first kappa shape index (κ1) is 24.3. The predicted molar refractivity (Wildman–Crippen MR) is 131 cm³/mol. The number of aromatic amines is 1. The lowest BCUT2D eigenvalue weighted by molar-refractivity contribution is -0.122. The number of carbonyl (C=O) groups is 1. The number of amides is 1. The Hall–Kier alpha value is -2.37. The van der Waals surface area contributed by atoms with Gasteiger partial charge in [0.05, 0.1) is 0 Å². The van der Waals surface area contributed by atoms with Crippen LogP contribution in [0, 0.1) is 11.7 Å². The molecule has 3 aromatic rings. The summed E-state index contributed by atoms with van der Waals surface area (Å²) in [5, 5.41) is 4.33. The predicted octanol–water partition coefficient (Wildman–Crippen LogP) is 5.42. The molecule has 0 spiro atoms. The van der Waals surface area contributed by atoms with Gasteiger partial charge in [0.1, 0.15) is 5.82 Å². The number of hydrogen-bond donors (Lipinski definition) is 2. The smallest absolute Gasteiger partial charge is 0.220 e. The number of nitrogens with zero attached hydrogens (tertiary/aromatic N) is 1. The van der Waals surface area contributed by atoms with E-state index in [2.05, 4.69) is 41.4 Å². The molecule has 6 heteroatoms. The van der Waals surface area contributed by atoms with Crippen LogP contribution in [0.15, 0.2) is 54.7 Å². The molecule has 2 N–H and O–H groups in total. The Balaban J connectivity index is 0.00000289. The molecule has 0 aliphatic heterocycles. The van der Waals surface area contributed by atoms with E-state index in [1.807, 2.05) is 24.4 Å². The van der Waals surface area contributed by atoms with Crippen molar-refractivity contribution in [2.45, 2.75) is 44.1 Å². The SMILES string of the molecule is CN(C)C1(c2cccc(F)c2)CCC(CC(=O)NCCc2c[nH]c3ccccc23)CC1.Cl. The van der Waals surface area contributed by atoms with E-state index in [1.54, 1.807) is 12.1 Å². The Morgan fingerprint density at radius 3 is 2.62 bits per heavy atom. The van der Waals surface area contributed by atoms with E-state index in [4.69, 9.17) is 0 Å². The van der Waals surface area contributed by atoms with Crippen LogP contribution in [-0.4, -0.2) is 36.4 Å². The topological polar surface area (TPSA) is 48.1 Å². The van der Waals surface area contributed by atoms with E-state index in [0.717, 1.165) is 43.2 Å². The van der Waals surface area contributed by atoms with Gasteiger partial charge in [-0.1, -0.05) is 30.3 Å². The Morgan fingerprint density at radius 1 is 1.16 bits per heavy atom. The molecule has 4 rings (SSSR count). The average molecular weight is 458 g/mol. The highest BCUT2D eigenvalue weighted by Crippen LogP contribution is 2.44. The molecule has 1 heterocycles. The molecular weight excluding hydrogens is 425 g/mol. The fraction of sp³-hybridized carbons (Fsp3) is 0.423. The molecule has 0 atom stereocenters. The minimum atomic E-state index is -0.185. The minimum absolute atomic E-state index is 0. The van der Waals surface area contributed by atoms with Crippen LogP contribution in [0.2, 0.25) is 0 Å². The molecule has 0 unspecified atom stereocenters. The van der Waals surface area contributed by atoms with Gasteiger partial charge in [-0.25, -0.2) is 4.39 Å². The standard InChI is InChI=1S/C26H32FN3O.ClH/c1-30(2)26(21-6-5-7-22(27)17-21)13-10-19(11-14-26)16-25(31)28-15-12-20-18-29-24-9-4-3-8-23(20)24;/h3-9,17-19,29H,10-16H2,1-2H3,(H,28,31);1H. The molecule has 1 fully saturated rings. The van der Waals surface area contributed by atoms with Gasteiger partial charge in [-0.15, -0.1) is 12.4 Å². The van der Waals surface area contributed by atoms with Crippen molar-refractivity contribution < 1.29 is 9.18 Å². The average Bonchev–Trinajstić information content (AvgIpc) is 3.17. The summed E-state index contributed by atoms with van der Waals surface area (Å²) in [6.45, 7) is 0.651. The summed E-state index contributed by atoms with van der Waals surface area (Å²) in [6, 6.07) is 15.2. The Kier molecular flexibility index (Phi) is 7.96. The molecule has 32 heavy (non-hydrogen) atoms. The summed E-state index contributed by atoms with van der Waals surface area (Å²) in [5.41, 5.74) is 3.26. The first-order chi connectivity index (χ1) is 15.0. The molecule has 0 radical (unpaired) electrons. The minimum Gasteiger partial charge on any atom is -0.361 e. The van der Waals surface area contributed by atoms with Crippen LogP contribution in [0.3, 0.4) is 0 Å². The number of nitrogens with one attached hydrogen (secondary N) is 2.